The van der Waals surface area contributed by atoms with E-state index in [0.717, 1.165) is 6.26 Å². The molecule has 1 aliphatic carbocycles. The number of carbonyl (C=O) groups is 1. The fourth-order valence-corrected chi connectivity index (χ4v) is 5.28. The first-order valence-electron chi connectivity index (χ1n) is 12.1. The van der Waals surface area contributed by atoms with Crippen LogP contribution in [-0.2, 0) is 14.6 Å². The van der Waals surface area contributed by atoms with E-state index in [1.807, 2.05) is 6.92 Å². The van der Waals surface area contributed by atoms with Crippen molar-refractivity contribution in [3.63, 3.8) is 0 Å². The Morgan fingerprint density at radius 2 is 1.87 bits per heavy atom. The van der Waals surface area contributed by atoms with Gasteiger partial charge in [0.15, 0.2) is 16.0 Å². The zero-order chi connectivity index (χ0) is 27.1. The van der Waals surface area contributed by atoms with Crippen molar-refractivity contribution in [2.45, 2.75) is 42.4 Å². The van der Waals surface area contributed by atoms with Crippen LogP contribution >= 0.6 is 0 Å². The van der Waals surface area contributed by atoms with Crippen LogP contribution in [0.2, 0.25) is 0 Å². The highest BCUT2D eigenvalue weighted by atomic mass is 32.2. The summed E-state index contributed by atoms with van der Waals surface area (Å²) in [4.78, 5) is 23.7. The summed E-state index contributed by atoms with van der Waals surface area (Å²) in [5.41, 5.74) is 1.54. The number of amides is 2. The van der Waals surface area contributed by atoms with E-state index in [2.05, 4.69) is 20.9 Å². The summed E-state index contributed by atoms with van der Waals surface area (Å²) in [7, 11) is -3.53. The Labute approximate surface area is 219 Å². The minimum absolute atomic E-state index is 0.0316. The number of amidine groups is 1. The zero-order valence-corrected chi connectivity index (χ0v) is 21.6. The Kier molecular flexibility index (Phi) is 6.82. The molecule has 3 N–H and O–H groups in total. The first kappa shape index (κ1) is 26.0. The van der Waals surface area contributed by atoms with Crippen LogP contribution in [0.5, 0.6) is 0 Å². The van der Waals surface area contributed by atoms with Gasteiger partial charge in [0.2, 0.25) is 5.96 Å². The number of hydrogen-bond acceptors (Lipinski definition) is 8. The van der Waals surface area contributed by atoms with Crippen molar-refractivity contribution in [3.05, 3.63) is 59.7 Å². The van der Waals surface area contributed by atoms with Crippen LogP contribution in [0, 0.1) is 0 Å². The molecule has 0 bridgehead atoms. The number of sulfone groups is 1. The lowest BCUT2D eigenvalue weighted by molar-refractivity contribution is 0.0317. The van der Waals surface area contributed by atoms with Crippen LogP contribution in [0.25, 0.3) is 0 Å². The predicted octanol–water partition coefficient (Wildman–Crippen LogP) is 2.74. The second-order valence-corrected chi connectivity index (χ2v) is 11.5. The minimum atomic E-state index is -3.53. The molecule has 0 spiro atoms. The highest BCUT2D eigenvalue weighted by Gasteiger charge is 2.57. The molecule has 1 saturated heterocycles. The number of urea groups is 1. The maximum Gasteiger partial charge on any atom is 0.319 e. The largest absolute Gasteiger partial charge is 0.377 e. The Balaban J connectivity index is 1.42. The molecule has 13 heteroatoms. The highest BCUT2D eigenvalue weighted by molar-refractivity contribution is 7.90. The Morgan fingerprint density at radius 1 is 1.16 bits per heavy atom. The van der Waals surface area contributed by atoms with Crippen molar-refractivity contribution in [3.8, 4) is 0 Å². The van der Waals surface area contributed by atoms with Gasteiger partial charge >= 0.3 is 6.03 Å². The van der Waals surface area contributed by atoms with Gasteiger partial charge in [-0.1, -0.05) is 18.2 Å². The van der Waals surface area contributed by atoms with Gasteiger partial charge in [-0.2, -0.15) is 0 Å². The third-order valence-corrected chi connectivity index (χ3v) is 7.68. The number of anilines is 1. The highest BCUT2D eigenvalue weighted by Crippen LogP contribution is 2.41. The molecule has 0 aromatic heterocycles. The van der Waals surface area contributed by atoms with Gasteiger partial charge in [-0.25, -0.2) is 32.0 Å². The first-order chi connectivity index (χ1) is 18.0. The summed E-state index contributed by atoms with van der Waals surface area (Å²) in [6.07, 6.45) is -0.0236. The van der Waals surface area contributed by atoms with Crippen LogP contribution in [0.1, 0.15) is 30.6 Å². The second kappa shape index (κ2) is 9.95. The van der Waals surface area contributed by atoms with E-state index in [1.165, 1.54) is 6.07 Å². The predicted molar refractivity (Wildman–Crippen MR) is 138 cm³/mol. The van der Waals surface area contributed by atoms with E-state index >= 15 is 0 Å². The van der Waals surface area contributed by atoms with E-state index in [0.29, 0.717) is 48.4 Å². The summed E-state index contributed by atoms with van der Waals surface area (Å²) in [5, 5.41) is 8.06. The van der Waals surface area contributed by atoms with Crippen LogP contribution in [0.15, 0.2) is 63.4 Å². The van der Waals surface area contributed by atoms with Gasteiger partial charge < -0.3 is 25.6 Å². The number of carbonyl (C=O) groups excluding carboxylic acids is 1. The molecule has 0 radical (unpaired) electrons. The molecule has 2 aliphatic heterocycles. The average Bonchev–Trinajstić information content (AvgIpc) is 3.48. The quantitative estimate of drug-likeness (QED) is 0.530. The fraction of sp³-hybridized carbons (Fsp3) is 0.400. The monoisotopic (exact) mass is 546 g/mol. The molecule has 2 unspecified atom stereocenters. The number of benzene rings is 2. The summed E-state index contributed by atoms with van der Waals surface area (Å²) in [6, 6.07) is 11.5. The fourth-order valence-electron chi connectivity index (χ4n) is 4.35. The lowest BCUT2D eigenvalue weighted by Crippen LogP contribution is -2.54. The third-order valence-electron chi connectivity index (χ3n) is 6.51. The van der Waals surface area contributed by atoms with Crippen molar-refractivity contribution in [1.29, 1.82) is 0 Å². The summed E-state index contributed by atoms with van der Waals surface area (Å²) in [6.45, 7) is 3.65. The molecule has 2 amide bonds. The summed E-state index contributed by atoms with van der Waals surface area (Å²) < 4.78 is 56.7. The van der Waals surface area contributed by atoms with Crippen LogP contribution in [0.3, 0.4) is 0 Å². The molecule has 5 rings (SSSR count). The van der Waals surface area contributed by atoms with Crippen molar-refractivity contribution in [2.24, 2.45) is 9.98 Å². The number of alkyl halides is 2. The molecular formula is C25H28F2N6O4S. The topological polar surface area (TPSA) is 124 Å². The van der Waals surface area contributed by atoms with E-state index < -0.39 is 34.0 Å². The maximum absolute atomic E-state index is 13.1. The molecule has 1 saturated carbocycles. The van der Waals surface area contributed by atoms with Gasteiger partial charge in [0.05, 0.1) is 24.2 Å². The number of aliphatic imine (C=N–C) groups is 2. The summed E-state index contributed by atoms with van der Waals surface area (Å²) in [5.74, 6) is -1.84. The number of halogens is 2. The number of morpholine rings is 1. The third kappa shape index (κ3) is 5.63. The van der Waals surface area contributed by atoms with Crippen molar-refractivity contribution in [1.82, 2.24) is 15.5 Å². The minimum Gasteiger partial charge on any atom is -0.377 e. The average molecular weight is 547 g/mol. The molecule has 3 aliphatic rings. The van der Waals surface area contributed by atoms with Crippen LogP contribution < -0.4 is 16.0 Å². The SMILES string of the molecule is C[C@H]1COCCN1C1=NC(c2ccccc2S(C)(=O)=O)N=C(c2ccc(NC(=O)NC3CC3(F)F)cc2)N1. The van der Waals surface area contributed by atoms with Gasteiger partial charge in [0.25, 0.3) is 5.92 Å². The molecule has 38 heavy (non-hydrogen) atoms. The number of guanidine groups is 1. The smallest absolute Gasteiger partial charge is 0.319 e. The van der Waals surface area contributed by atoms with Gasteiger partial charge in [-0.05, 0) is 37.3 Å². The standard InChI is InChI=1S/C25H28F2N6O4S/c1-15-14-37-12-11-33(15)23-31-21(30-22(32-23)18-5-3-4-6-19(18)38(2,35)36)16-7-9-17(10-8-16)28-24(34)29-20-13-25(20,26)27/h3-10,15,20,22H,11-14H2,1-2H3,(H2,28,29,34)(H,30,31,32)/t15-,20?,22?/m0/s1. The van der Waals surface area contributed by atoms with Crippen molar-refractivity contribution >= 4 is 33.4 Å². The van der Waals surface area contributed by atoms with Crippen molar-refractivity contribution < 1.29 is 26.7 Å². The molecule has 2 fully saturated rings. The second-order valence-electron chi connectivity index (χ2n) is 9.55. The Hall–Kier alpha value is -3.58. The van der Waals surface area contributed by atoms with E-state index in [1.54, 1.807) is 42.5 Å². The maximum atomic E-state index is 13.1. The number of rotatable bonds is 5. The lowest BCUT2D eigenvalue weighted by Gasteiger charge is -2.37. The van der Waals surface area contributed by atoms with Gasteiger partial charge in [0.1, 0.15) is 11.9 Å². The Morgan fingerprint density at radius 3 is 2.53 bits per heavy atom. The van der Waals surface area contributed by atoms with Crippen molar-refractivity contribution in [2.75, 3.05) is 31.3 Å². The first-order valence-corrected chi connectivity index (χ1v) is 14.0. The van der Waals surface area contributed by atoms with Gasteiger partial charge in [0, 0.05) is 36.0 Å². The lowest BCUT2D eigenvalue weighted by atomic mass is 10.1. The Bertz CT molecular complexity index is 1400. The molecule has 2 aromatic rings. The molecule has 2 heterocycles. The van der Waals surface area contributed by atoms with E-state index in [4.69, 9.17) is 14.7 Å². The molecule has 10 nitrogen and oxygen atoms in total. The molecule has 202 valence electrons. The van der Waals surface area contributed by atoms with Gasteiger partial charge in [-0.3, -0.25) is 0 Å². The van der Waals surface area contributed by atoms with E-state index in [9.17, 15) is 22.0 Å². The molecule has 3 atom stereocenters. The molecular weight excluding hydrogens is 518 g/mol. The number of ether oxygens (including phenoxy) is 1. The summed E-state index contributed by atoms with van der Waals surface area (Å²) >= 11 is 0. The van der Waals surface area contributed by atoms with Crippen LogP contribution in [-0.4, -0.2) is 75.2 Å². The van der Waals surface area contributed by atoms with Crippen LogP contribution in [0.4, 0.5) is 19.3 Å². The normalized spacial score (nSPS) is 24.5. The number of hydrogen-bond donors (Lipinski definition) is 3. The zero-order valence-electron chi connectivity index (χ0n) is 20.8. The number of nitrogens with zero attached hydrogens (tertiary/aromatic N) is 3. The van der Waals surface area contributed by atoms with Gasteiger partial charge in [-0.15, -0.1) is 0 Å². The molecule has 2 aromatic carbocycles. The van der Waals surface area contributed by atoms with E-state index in [-0.39, 0.29) is 17.4 Å². The number of nitrogens with one attached hydrogen (secondary N) is 3.